The van der Waals surface area contributed by atoms with E-state index in [4.69, 9.17) is 23.7 Å². The molecule has 0 aliphatic rings. The van der Waals surface area contributed by atoms with Gasteiger partial charge in [-0.05, 0) is 70.0 Å². The first-order chi connectivity index (χ1) is 19.6. The fraction of sp³-hybridized carbons (Fsp3) is 0.156. The monoisotopic (exact) mass is 574 g/mol. The summed E-state index contributed by atoms with van der Waals surface area (Å²) in [5, 5.41) is 0. The van der Waals surface area contributed by atoms with E-state index in [1.807, 2.05) is 0 Å². The molecule has 0 aliphatic heterocycles. The highest BCUT2D eigenvalue weighted by Crippen LogP contribution is 2.34. The fourth-order valence-electron chi connectivity index (χ4n) is 2.79. The highest BCUT2D eigenvalue weighted by atomic mass is 16.6. The first kappa shape index (κ1) is 32.7. The lowest BCUT2D eigenvalue weighted by Crippen LogP contribution is -2.13. The molecule has 10 heteroatoms. The van der Waals surface area contributed by atoms with E-state index in [0.717, 1.165) is 6.08 Å². The summed E-state index contributed by atoms with van der Waals surface area (Å²) in [4.78, 5) is 61.1. The number of carbonyl (C=O) groups is 5. The zero-order chi connectivity index (χ0) is 31.7. The standard InChI is InChI=1S/C32H30O10/c1-17(2)29(34)38-23-11-13-24(27(16-23)42-32(37)20(7)8)39-28(33)14-21(9)22-10-12-25(40-30(35)18(3)4)26(15-22)41-31(36)19(5)6/h10-16H,1,3,5,7H2,2,4,6,8-9H3/b21-14+. The molecule has 0 radical (unpaired) electrons. The maximum Gasteiger partial charge on any atom is 0.338 e. The molecule has 0 atom stereocenters. The number of carbonyl (C=O) groups excluding carboxylic acids is 5. The molecule has 0 aromatic heterocycles. The Bertz CT molecular complexity index is 1550. The average Bonchev–Trinajstić information content (AvgIpc) is 2.90. The zero-order valence-electron chi connectivity index (χ0n) is 24.0. The van der Waals surface area contributed by atoms with Gasteiger partial charge in [0.25, 0.3) is 0 Å². The average molecular weight is 575 g/mol. The predicted octanol–water partition coefficient (Wildman–Crippen LogP) is 5.62. The van der Waals surface area contributed by atoms with Crippen LogP contribution in [-0.2, 0) is 24.0 Å². The van der Waals surface area contributed by atoms with Crippen LogP contribution in [-0.4, -0.2) is 29.8 Å². The van der Waals surface area contributed by atoms with E-state index in [2.05, 4.69) is 26.3 Å². The molecule has 2 aromatic rings. The van der Waals surface area contributed by atoms with Gasteiger partial charge in [0.2, 0.25) is 0 Å². The van der Waals surface area contributed by atoms with Gasteiger partial charge in [-0.1, -0.05) is 32.4 Å². The van der Waals surface area contributed by atoms with Crippen LogP contribution in [0.15, 0.2) is 91.1 Å². The zero-order valence-corrected chi connectivity index (χ0v) is 24.0. The normalized spacial score (nSPS) is 10.5. The molecule has 2 aromatic carbocycles. The maximum absolute atomic E-state index is 12.8. The van der Waals surface area contributed by atoms with Crippen molar-refractivity contribution in [2.75, 3.05) is 0 Å². The van der Waals surface area contributed by atoms with Crippen LogP contribution < -0.4 is 23.7 Å². The molecule has 0 bridgehead atoms. The molecule has 0 amide bonds. The summed E-state index contributed by atoms with van der Waals surface area (Å²) in [5.74, 6) is -4.31. The summed E-state index contributed by atoms with van der Waals surface area (Å²) in [5.41, 5.74) is 1.25. The number of esters is 5. The first-order valence-electron chi connectivity index (χ1n) is 12.3. The predicted molar refractivity (Wildman–Crippen MR) is 154 cm³/mol. The molecular formula is C32H30O10. The van der Waals surface area contributed by atoms with E-state index in [9.17, 15) is 24.0 Å². The summed E-state index contributed by atoms with van der Waals surface area (Å²) in [6.45, 7) is 21.5. The van der Waals surface area contributed by atoms with Crippen molar-refractivity contribution in [2.24, 2.45) is 0 Å². The second-order valence-electron chi connectivity index (χ2n) is 9.20. The third kappa shape index (κ3) is 9.30. The lowest BCUT2D eigenvalue weighted by atomic mass is 10.1. The van der Waals surface area contributed by atoms with Crippen molar-refractivity contribution in [1.29, 1.82) is 0 Å². The van der Waals surface area contributed by atoms with E-state index in [1.165, 1.54) is 64.1 Å². The van der Waals surface area contributed by atoms with Gasteiger partial charge in [-0.25, -0.2) is 24.0 Å². The smallest absolute Gasteiger partial charge is 0.338 e. The van der Waals surface area contributed by atoms with Gasteiger partial charge in [-0.15, -0.1) is 0 Å². The molecule has 0 saturated heterocycles. The third-order valence-electron chi connectivity index (χ3n) is 5.07. The van der Waals surface area contributed by atoms with Crippen molar-refractivity contribution < 1.29 is 47.7 Å². The van der Waals surface area contributed by atoms with Gasteiger partial charge in [0.05, 0.1) is 0 Å². The molecule has 42 heavy (non-hydrogen) atoms. The SMILES string of the molecule is C=C(C)C(=O)Oc1ccc(OC(=O)/C=C(\C)c2ccc(OC(=O)C(=C)C)c(OC(=O)C(=C)C)c2)c(OC(=O)C(=C)C)c1. The third-order valence-corrected chi connectivity index (χ3v) is 5.07. The van der Waals surface area contributed by atoms with Crippen molar-refractivity contribution in [3.63, 3.8) is 0 Å². The summed E-state index contributed by atoms with van der Waals surface area (Å²) in [6, 6.07) is 8.14. The summed E-state index contributed by atoms with van der Waals surface area (Å²) >= 11 is 0. The molecule has 0 N–H and O–H groups in total. The lowest BCUT2D eigenvalue weighted by molar-refractivity contribution is -0.132. The highest BCUT2D eigenvalue weighted by Gasteiger charge is 2.19. The molecule has 2 rings (SSSR count). The van der Waals surface area contributed by atoms with E-state index < -0.39 is 29.8 Å². The van der Waals surface area contributed by atoms with Gasteiger partial charge >= 0.3 is 29.8 Å². The lowest BCUT2D eigenvalue weighted by Gasteiger charge is -2.13. The number of hydrogen-bond acceptors (Lipinski definition) is 10. The van der Waals surface area contributed by atoms with Crippen LogP contribution in [0.3, 0.4) is 0 Å². The Morgan fingerprint density at radius 3 is 1.43 bits per heavy atom. The number of benzene rings is 2. The van der Waals surface area contributed by atoms with Crippen molar-refractivity contribution in [3.05, 3.63) is 96.6 Å². The van der Waals surface area contributed by atoms with E-state index in [0.29, 0.717) is 11.1 Å². The van der Waals surface area contributed by atoms with Crippen molar-refractivity contribution in [2.45, 2.75) is 34.6 Å². The Hall–Kier alpha value is -5.51. The molecule has 0 saturated carbocycles. The summed E-state index contributed by atoms with van der Waals surface area (Å²) in [6.07, 6.45) is 1.14. The van der Waals surface area contributed by atoms with Crippen LogP contribution in [0, 0.1) is 0 Å². The quantitative estimate of drug-likeness (QED) is 0.189. The summed E-state index contributed by atoms with van der Waals surface area (Å²) < 4.78 is 26.4. The summed E-state index contributed by atoms with van der Waals surface area (Å²) in [7, 11) is 0. The molecular weight excluding hydrogens is 544 g/mol. The number of hydrogen-bond donors (Lipinski definition) is 0. The van der Waals surface area contributed by atoms with Gasteiger partial charge in [0, 0.05) is 34.4 Å². The topological polar surface area (TPSA) is 132 Å². The molecule has 218 valence electrons. The second-order valence-corrected chi connectivity index (χ2v) is 9.20. The van der Waals surface area contributed by atoms with Crippen molar-refractivity contribution in [3.8, 4) is 28.7 Å². The number of ether oxygens (including phenoxy) is 5. The second kappa shape index (κ2) is 14.2. The van der Waals surface area contributed by atoms with Crippen molar-refractivity contribution in [1.82, 2.24) is 0 Å². The number of rotatable bonds is 11. The van der Waals surface area contributed by atoms with E-state index in [1.54, 1.807) is 6.92 Å². The van der Waals surface area contributed by atoms with Crippen LogP contribution in [0.25, 0.3) is 5.57 Å². The van der Waals surface area contributed by atoms with Gasteiger partial charge in [0.15, 0.2) is 23.0 Å². The molecule has 0 fully saturated rings. The van der Waals surface area contributed by atoms with Crippen molar-refractivity contribution >= 4 is 35.4 Å². The van der Waals surface area contributed by atoms with Gasteiger partial charge in [-0.2, -0.15) is 0 Å². The molecule has 0 aliphatic carbocycles. The van der Waals surface area contributed by atoms with Gasteiger partial charge in [0.1, 0.15) is 5.75 Å². The Balaban J connectivity index is 2.40. The van der Waals surface area contributed by atoms with Crippen LogP contribution in [0.4, 0.5) is 0 Å². The molecule has 0 unspecified atom stereocenters. The molecule has 10 nitrogen and oxygen atoms in total. The molecule has 0 spiro atoms. The fourth-order valence-corrected chi connectivity index (χ4v) is 2.79. The van der Waals surface area contributed by atoms with Crippen LogP contribution in [0.1, 0.15) is 40.2 Å². The number of allylic oxidation sites excluding steroid dienone is 1. The minimum atomic E-state index is -0.856. The first-order valence-corrected chi connectivity index (χ1v) is 12.3. The largest absolute Gasteiger partial charge is 0.423 e. The van der Waals surface area contributed by atoms with Crippen LogP contribution in [0.2, 0.25) is 0 Å². The Labute approximate surface area is 243 Å². The highest BCUT2D eigenvalue weighted by molar-refractivity contribution is 5.95. The van der Waals surface area contributed by atoms with E-state index >= 15 is 0 Å². The van der Waals surface area contributed by atoms with Gasteiger partial charge in [-0.3, -0.25) is 0 Å². The minimum absolute atomic E-state index is 0.0170. The molecule has 0 heterocycles. The van der Waals surface area contributed by atoms with E-state index in [-0.39, 0.29) is 51.0 Å². The van der Waals surface area contributed by atoms with Gasteiger partial charge < -0.3 is 23.7 Å². The van der Waals surface area contributed by atoms with Crippen LogP contribution >= 0.6 is 0 Å². The minimum Gasteiger partial charge on any atom is -0.423 e. The maximum atomic E-state index is 12.8. The Morgan fingerprint density at radius 1 is 0.524 bits per heavy atom. The van der Waals surface area contributed by atoms with Crippen LogP contribution in [0.5, 0.6) is 28.7 Å². The Kier molecular flexibility index (Phi) is 11.1. The Morgan fingerprint density at radius 2 is 0.929 bits per heavy atom.